The van der Waals surface area contributed by atoms with Gasteiger partial charge in [0.1, 0.15) is 24.0 Å². The highest BCUT2D eigenvalue weighted by Gasteiger charge is 2.50. The lowest BCUT2D eigenvalue weighted by Crippen LogP contribution is -2.39. The molecule has 13 heteroatoms. The number of anilines is 1. The summed E-state index contributed by atoms with van der Waals surface area (Å²) in [6.45, 7) is -1.85. The van der Waals surface area contributed by atoms with Crippen LogP contribution in [0.3, 0.4) is 0 Å². The second-order valence-electron chi connectivity index (χ2n) is 10.3. The maximum atomic E-state index is 15.6. The summed E-state index contributed by atoms with van der Waals surface area (Å²) in [6.07, 6.45) is -1.45. The summed E-state index contributed by atoms with van der Waals surface area (Å²) < 4.78 is 77.7. The van der Waals surface area contributed by atoms with Crippen LogP contribution in [0.2, 0.25) is 0 Å². The smallest absolute Gasteiger partial charge is 0.398 e. The second-order valence-corrected chi connectivity index (χ2v) is 10.3. The number of hydrogen-bond acceptors (Lipinski definition) is 6. The molecule has 42 heavy (non-hydrogen) atoms. The number of rotatable bonds is 8. The maximum absolute atomic E-state index is 15.6. The molecular weight excluding hydrogens is 561 g/mol. The van der Waals surface area contributed by atoms with Gasteiger partial charge in [0.05, 0.1) is 5.69 Å². The third-order valence-corrected chi connectivity index (χ3v) is 7.28. The number of pyridine rings is 1. The predicted molar refractivity (Wildman–Crippen MR) is 144 cm³/mol. The average Bonchev–Trinajstić information content (AvgIpc) is 3.73. The average molecular weight is 588 g/mol. The number of benzene rings is 2. The Balaban J connectivity index is 1.49. The number of ether oxygens (including phenoxy) is 1. The summed E-state index contributed by atoms with van der Waals surface area (Å²) in [4.78, 5) is 29.0. The van der Waals surface area contributed by atoms with Crippen LogP contribution < -0.4 is 27.3 Å². The fourth-order valence-corrected chi connectivity index (χ4v) is 4.67. The molecule has 220 valence electrons. The van der Waals surface area contributed by atoms with E-state index in [9.17, 15) is 27.2 Å². The molecule has 0 bridgehead atoms. The number of carbonyl (C=O) groups excluding carboxylic acids is 2. The molecule has 0 radical (unpaired) electrons. The number of nitrogens with one attached hydrogen (secondary N) is 1. The van der Waals surface area contributed by atoms with Crippen LogP contribution in [0.4, 0.5) is 27.6 Å². The van der Waals surface area contributed by atoms with Crippen LogP contribution in [-0.4, -0.2) is 36.1 Å². The number of nitrogen functional groups attached to an aromatic ring is 1. The van der Waals surface area contributed by atoms with Crippen molar-refractivity contribution in [1.29, 1.82) is 0 Å². The van der Waals surface area contributed by atoms with Gasteiger partial charge < -0.3 is 27.3 Å². The van der Waals surface area contributed by atoms with Crippen molar-refractivity contribution in [3.63, 3.8) is 0 Å². The fourth-order valence-electron chi connectivity index (χ4n) is 4.67. The van der Waals surface area contributed by atoms with Gasteiger partial charge in [0.2, 0.25) is 0 Å². The van der Waals surface area contributed by atoms with Crippen LogP contribution in [0, 0.1) is 11.7 Å². The van der Waals surface area contributed by atoms with Gasteiger partial charge in [-0.2, -0.15) is 13.2 Å². The van der Waals surface area contributed by atoms with E-state index in [1.165, 1.54) is 30.3 Å². The molecule has 1 aliphatic heterocycles. The van der Waals surface area contributed by atoms with E-state index in [0.717, 1.165) is 31.0 Å². The predicted octanol–water partition coefficient (Wildman–Crippen LogP) is 4.30. The summed E-state index contributed by atoms with van der Waals surface area (Å²) in [7, 11) is 0. The lowest BCUT2D eigenvalue weighted by Gasteiger charge is -2.23. The highest BCUT2D eigenvalue weighted by atomic mass is 19.4. The zero-order valence-electron chi connectivity index (χ0n) is 22.0. The standard InChI is InChI=1S/C29H26F5N5O3/c30-18-6-3-15(4-7-18)24-25-19(28(31,13-42-25)27(37)41)11-23(39-24)20(29(32,33)34)12-38-26(40)16-5-8-21(35)17(9-16)10-22(36)14-1-2-14/h3-11,14,20H,1-2,12-13,35-36H2,(H2,37,41)(H,38,40)/b22-10-/t20-,28-/m1/s1. The molecule has 3 aromatic rings. The minimum Gasteiger partial charge on any atom is -0.487 e. The van der Waals surface area contributed by atoms with Gasteiger partial charge >= 0.3 is 6.18 Å². The van der Waals surface area contributed by atoms with Crippen LogP contribution >= 0.6 is 0 Å². The van der Waals surface area contributed by atoms with Crippen LogP contribution in [0.1, 0.15) is 45.9 Å². The molecule has 1 aromatic heterocycles. The molecule has 0 unspecified atom stereocenters. The van der Waals surface area contributed by atoms with Gasteiger partial charge in [-0.05, 0) is 78.9 Å². The van der Waals surface area contributed by atoms with Crippen molar-refractivity contribution >= 4 is 23.6 Å². The Morgan fingerprint density at radius 2 is 1.81 bits per heavy atom. The summed E-state index contributed by atoms with van der Waals surface area (Å²) >= 11 is 0. The van der Waals surface area contributed by atoms with Gasteiger partial charge in [-0.25, -0.2) is 13.8 Å². The van der Waals surface area contributed by atoms with E-state index >= 15 is 4.39 Å². The largest absolute Gasteiger partial charge is 0.487 e. The van der Waals surface area contributed by atoms with Gasteiger partial charge in [0, 0.05) is 34.6 Å². The van der Waals surface area contributed by atoms with E-state index in [4.69, 9.17) is 21.9 Å². The molecule has 0 spiro atoms. The molecule has 5 rings (SSSR count). The van der Waals surface area contributed by atoms with E-state index < -0.39 is 59.8 Å². The number of fused-ring (bicyclic) bond motifs is 1. The Hall–Kier alpha value is -4.68. The summed E-state index contributed by atoms with van der Waals surface area (Å²) in [5, 5.41) is 2.26. The third kappa shape index (κ3) is 5.58. The van der Waals surface area contributed by atoms with Gasteiger partial charge in [-0.15, -0.1) is 0 Å². The zero-order chi connectivity index (χ0) is 30.4. The molecule has 1 aliphatic carbocycles. The first-order chi connectivity index (χ1) is 19.8. The molecule has 7 N–H and O–H groups in total. The number of aromatic nitrogens is 1. The third-order valence-electron chi connectivity index (χ3n) is 7.28. The second kappa shape index (κ2) is 10.6. The number of hydrogen-bond donors (Lipinski definition) is 4. The number of nitrogens with zero attached hydrogens (tertiary/aromatic N) is 1. The van der Waals surface area contributed by atoms with Crippen molar-refractivity contribution in [3.8, 4) is 17.0 Å². The summed E-state index contributed by atoms with van der Waals surface area (Å²) in [5.41, 5.74) is 14.4. The Morgan fingerprint density at radius 3 is 2.43 bits per heavy atom. The van der Waals surface area contributed by atoms with Crippen molar-refractivity contribution in [3.05, 3.63) is 82.4 Å². The molecule has 1 fully saturated rings. The van der Waals surface area contributed by atoms with Crippen molar-refractivity contribution in [2.75, 3.05) is 18.9 Å². The van der Waals surface area contributed by atoms with Gasteiger partial charge in [0.15, 0.2) is 5.75 Å². The number of alkyl halides is 4. The monoisotopic (exact) mass is 587 g/mol. The molecule has 2 aliphatic rings. The Morgan fingerprint density at radius 1 is 1.12 bits per heavy atom. The fraction of sp³-hybridized carbons (Fsp3) is 0.276. The van der Waals surface area contributed by atoms with E-state index in [0.29, 0.717) is 16.9 Å². The molecule has 2 aromatic carbocycles. The number of carbonyl (C=O) groups is 2. The number of allylic oxidation sites excluding steroid dienone is 1. The molecule has 2 heterocycles. The first-order valence-electron chi connectivity index (χ1n) is 12.9. The normalized spacial score (nSPS) is 19.1. The summed E-state index contributed by atoms with van der Waals surface area (Å²) in [5.74, 6) is -5.40. The first kappa shape index (κ1) is 28.8. The van der Waals surface area contributed by atoms with Gasteiger partial charge in [0.25, 0.3) is 17.5 Å². The zero-order valence-corrected chi connectivity index (χ0v) is 22.0. The molecule has 1 saturated carbocycles. The first-order valence-corrected chi connectivity index (χ1v) is 12.9. The van der Waals surface area contributed by atoms with E-state index in [-0.39, 0.29) is 28.5 Å². The number of nitrogens with two attached hydrogens (primary N) is 3. The topological polar surface area (TPSA) is 146 Å². The number of amides is 2. The van der Waals surface area contributed by atoms with Crippen molar-refractivity contribution in [2.24, 2.45) is 17.4 Å². The SMILES string of the molecule is NC(=O)[C@@]1(F)COc2c1cc([C@@H](CNC(=O)c1ccc(N)c(/C=C(\N)C3CC3)c1)C(F)(F)F)nc2-c1ccc(F)cc1. The highest BCUT2D eigenvalue weighted by molar-refractivity contribution is 5.95. The quantitative estimate of drug-likeness (QED) is 0.228. The highest BCUT2D eigenvalue weighted by Crippen LogP contribution is 2.47. The van der Waals surface area contributed by atoms with Crippen LogP contribution in [0.5, 0.6) is 5.75 Å². The lowest BCUT2D eigenvalue weighted by atomic mass is 9.92. The van der Waals surface area contributed by atoms with E-state index in [2.05, 4.69) is 10.3 Å². The van der Waals surface area contributed by atoms with E-state index in [1.807, 2.05) is 0 Å². The van der Waals surface area contributed by atoms with Gasteiger partial charge in [-0.1, -0.05) is 0 Å². The van der Waals surface area contributed by atoms with Crippen molar-refractivity contribution < 1.29 is 36.3 Å². The lowest BCUT2D eigenvalue weighted by molar-refractivity contribution is -0.149. The van der Waals surface area contributed by atoms with Crippen LogP contribution in [0.15, 0.2) is 54.2 Å². The minimum atomic E-state index is -4.96. The molecule has 0 saturated heterocycles. The van der Waals surface area contributed by atoms with Gasteiger partial charge in [-0.3, -0.25) is 9.59 Å². The van der Waals surface area contributed by atoms with Crippen molar-refractivity contribution in [2.45, 2.75) is 30.6 Å². The number of primary amides is 1. The Kier molecular flexibility index (Phi) is 7.29. The summed E-state index contributed by atoms with van der Waals surface area (Å²) in [6, 6.07) is 9.52. The van der Waals surface area contributed by atoms with E-state index in [1.54, 1.807) is 6.08 Å². The Bertz CT molecular complexity index is 1590. The minimum absolute atomic E-state index is 0.0405. The maximum Gasteiger partial charge on any atom is 0.398 e. The molecule has 2 amide bonds. The van der Waals surface area contributed by atoms with Crippen LogP contribution in [0.25, 0.3) is 17.3 Å². The number of halogens is 5. The van der Waals surface area contributed by atoms with Crippen LogP contribution in [-0.2, 0) is 10.5 Å². The molecule has 8 nitrogen and oxygen atoms in total. The van der Waals surface area contributed by atoms with Crippen molar-refractivity contribution in [1.82, 2.24) is 10.3 Å². The Labute approximate surface area is 236 Å². The molecular formula is C29H26F5N5O3. The molecule has 2 atom stereocenters.